The van der Waals surface area contributed by atoms with E-state index in [-0.39, 0.29) is 5.92 Å². The van der Waals surface area contributed by atoms with Gasteiger partial charge in [0.1, 0.15) is 5.78 Å². The summed E-state index contributed by atoms with van der Waals surface area (Å²) in [5, 5.41) is 0. The lowest BCUT2D eigenvalue weighted by Gasteiger charge is -2.13. The summed E-state index contributed by atoms with van der Waals surface area (Å²) < 4.78 is 0. The van der Waals surface area contributed by atoms with Crippen molar-refractivity contribution in [2.24, 2.45) is 23.7 Å². The second-order valence-corrected chi connectivity index (χ2v) is 4.25. The Balaban J connectivity index is 2.42. The van der Waals surface area contributed by atoms with E-state index in [2.05, 4.69) is 27.7 Å². The van der Waals surface area contributed by atoms with Crippen LogP contribution < -0.4 is 0 Å². The molecule has 1 heteroatoms. The van der Waals surface area contributed by atoms with Crippen molar-refractivity contribution in [3.05, 3.63) is 0 Å². The van der Waals surface area contributed by atoms with Crippen LogP contribution in [0, 0.1) is 23.7 Å². The van der Waals surface area contributed by atoms with Gasteiger partial charge in [-0.3, -0.25) is 4.79 Å². The van der Waals surface area contributed by atoms with E-state index in [1.165, 1.54) is 0 Å². The van der Waals surface area contributed by atoms with Crippen LogP contribution in [-0.2, 0) is 4.79 Å². The molecule has 0 radical (unpaired) electrons. The van der Waals surface area contributed by atoms with Crippen LogP contribution in [-0.4, -0.2) is 5.78 Å². The molecule has 0 bridgehead atoms. The van der Waals surface area contributed by atoms with Crippen molar-refractivity contribution in [2.45, 2.75) is 34.1 Å². The third kappa shape index (κ3) is 1.82. The van der Waals surface area contributed by atoms with E-state index in [0.29, 0.717) is 23.5 Å². The second kappa shape index (κ2) is 2.96. The third-order valence-electron chi connectivity index (χ3n) is 2.92. The van der Waals surface area contributed by atoms with Crippen LogP contribution in [0.4, 0.5) is 0 Å². The van der Waals surface area contributed by atoms with Gasteiger partial charge in [0.2, 0.25) is 0 Å². The monoisotopic (exact) mass is 154 g/mol. The largest absolute Gasteiger partial charge is 0.299 e. The van der Waals surface area contributed by atoms with Crippen LogP contribution in [0.3, 0.4) is 0 Å². The Morgan fingerprint density at radius 1 is 1.36 bits per heavy atom. The van der Waals surface area contributed by atoms with Gasteiger partial charge in [0, 0.05) is 11.8 Å². The van der Waals surface area contributed by atoms with Crippen molar-refractivity contribution in [3.63, 3.8) is 0 Å². The minimum absolute atomic E-state index is 0.268. The van der Waals surface area contributed by atoms with Crippen molar-refractivity contribution in [3.8, 4) is 0 Å². The zero-order chi connectivity index (χ0) is 8.59. The molecular formula is C10H18O. The molecule has 0 amide bonds. The number of Topliss-reactive ketones (excluding diaryl/α,β-unsaturated/α-hetero) is 1. The number of rotatable bonds is 3. The molecule has 0 aromatic carbocycles. The minimum atomic E-state index is 0.268. The lowest BCUT2D eigenvalue weighted by molar-refractivity contribution is -0.125. The zero-order valence-electron chi connectivity index (χ0n) is 7.92. The van der Waals surface area contributed by atoms with E-state index in [1.807, 2.05) is 0 Å². The average Bonchev–Trinajstić information content (AvgIpc) is 2.63. The van der Waals surface area contributed by atoms with E-state index in [1.54, 1.807) is 0 Å². The Labute approximate surface area is 69.2 Å². The third-order valence-corrected chi connectivity index (χ3v) is 2.92. The molecule has 3 unspecified atom stereocenters. The number of carbonyl (C=O) groups excluding carboxylic acids is 1. The molecule has 0 spiro atoms. The molecule has 11 heavy (non-hydrogen) atoms. The standard InChI is InChI=1S/C10H18O/c1-6(2)8(4)10(11)9-5-7(9)3/h6-9H,5H2,1-4H3. The maximum Gasteiger partial charge on any atom is 0.139 e. The van der Waals surface area contributed by atoms with Crippen LogP contribution in [0.1, 0.15) is 34.1 Å². The van der Waals surface area contributed by atoms with Crippen LogP contribution in [0.2, 0.25) is 0 Å². The van der Waals surface area contributed by atoms with Gasteiger partial charge in [0.05, 0.1) is 0 Å². The molecule has 1 aliphatic rings. The molecule has 3 atom stereocenters. The van der Waals surface area contributed by atoms with Gasteiger partial charge in [-0.05, 0) is 18.3 Å². The highest BCUT2D eigenvalue weighted by Gasteiger charge is 2.41. The summed E-state index contributed by atoms with van der Waals surface area (Å²) in [6, 6.07) is 0. The molecule has 1 fully saturated rings. The van der Waals surface area contributed by atoms with Gasteiger partial charge < -0.3 is 0 Å². The first kappa shape index (κ1) is 8.76. The SMILES string of the molecule is CC(C)C(C)C(=O)C1CC1C. The van der Waals surface area contributed by atoms with Gasteiger partial charge in [-0.25, -0.2) is 0 Å². The first-order chi connectivity index (χ1) is 5.04. The highest BCUT2D eigenvalue weighted by Crippen LogP contribution is 2.41. The Morgan fingerprint density at radius 2 is 1.82 bits per heavy atom. The predicted octanol–water partition coefficient (Wildman–Crippen LogP) is 2.50. The van der Waals surface area contributed by atoms with E-state index < -0.39 is 0 Å². The average molecular weight is 154 g/mol. The topological polar surface area (TPSA) is 17.1 Å². The number of hydrogen-bond acceptors (Lipinski definition) is 1. The molecule has 1 nitrogen and oxygen atoms in total. The van der Waals surface area contributed by atoms with Crippen LogP contribution in [0.15, 0.2) is 0 Å². The maximum absolute atomic E-state index is 11.6. The van der Waals surface area contributed by atoms with Crippen LogP contribution in [0.5, 0.6) is 0 Å². The lowest BCUT2D eigenvalue weighted by Crippen LogP contribution is -2.18. The number of hydrogen-bond donors (Lipinski definition) is 0. The second-order valence-electron chi connectivity index (χ2n) is 4.25. The quantitative estimate of drug-likeness (QED) is 0.610. The summed E-state index contributed by atoms with van der Waals surface area (Å²) in [6.45, 7) is 8.46. The summed E-state index contributed by atoms with van der Waals surface area (Å²) in [5.41, 5.74) is 0. The summed E-state index contributed by atoms with van der Waals surface area (Å²) in [6.07, 6.45) is 1.13. The number of carbonyl (C=O) groups is 1. The molecule has 1 rings (SSSR count). The normalized spacial score (nSPS) is 32.1. The fourth-order valence-electron chi connectivity index (χ4n) is 1.38. The van der Waals surface area contributed by atoms with Crippen molar-refractivity contribution < 1.29 is 4.79 Å². The van der Waals surface area contributed by atoms with Crippen LogP contribution in [0.25, 0.3) is 0 Å². The Morgan fingerprint density at radius 3 is 2.09 bits per heavy atom. The Bertz CT molecular complexity index is 160. The van der Waals surface area contributed by atoms with Crippen molar-refractivity contribution in [1.29, 1.82) is 0 Å². The van der Waals surface area contributed by atoms with Crippen molar-refractivity contribution in [1.82, 2.24) is 0 Å². The molecule has 0 aromatic rings. The summed E-state index contributed by atoms with van der Waals surface area (Å²) >= 11 is 0. The predicted molar refractivity (Wildman–Crippen MR) is 46.3 cm³/mol. The highest BCUT2D eigenvalue weighted by molar-refractivity contribution is 5.85. The Kier molecular flexibility index (Phi) is 2.36. The lowest BCUT2D eigenvalue weighted by atomic mass is 9.91. The number of ketones is 1. The molecule has 0 heterocycles. The Hall–Kier alpha value is -0.330. The fraction of sp³-hybridized carbons (Fsp3) is 0.900. The molecule has 0 aromatic heterocycles. The van der Waals surface area contributed by atoms with E-state index in [9.17, 15) is 4.79 Å². The fourth-order valence-corrected chi connectivity index (χ4v) is 1.38. The minimum Gasteiger partial charge on any atom is -0.299 e. The molecular weight excluding hydrogens is 136 g/mol. The van der Waals surface area contributed by atoms with E-state index in [0.717, 1.165) is 6.42 Å². The molecule has 1 aliphatic carbocycles. The van der Waals surface area contributed by atoms with Gasteiger partial charge in [-0.2, -0.15) is 0 Å². The maximum atomic E-state index is 11.6. The van der Waals surface area contributed by atoms with E-state index in [4.69, 9.17) is 0 Å². The van der Waals surface area contributed by atoms with Gasteiger partial charge in [-0.15, -0.1) is 0 Å². The van der Waals surface area contributed by atoms with Gasteiger partial charge in [-0.1, -0.05) is 27.7 Å². The molecule has 0 aliphatic heterocycles. The van der Waals surface area contributed by atoms with Crippen LogP contribution >= 0.6 is 0 Å². The first-order valence-corrected chi connectivity index (χ1v) is 4.57. The molecule has 64 valence electrons. The zero-order valence-corrected chi connectivity index (χ0v) is 7.92. The van der Waals surface area contributed by atoms with Crippen molar-refractivity contribution >= 4 is 5.78 Å². The summed E-state index contributed by atoms with van der Waals surface area (Å²) in [5.74, 6) is 2.35. The first-order valence-electron chi connectivity index (χ1n) is 4.57. The van der Waals surface area contributed by atoms with Crippen molar-refractivity contribution in [2.75, 3.05) is 0 Å². The molecule has 0 N–H and O–H groups in total. The summed E-state index contributed by atoms with van der Waals surface area (Å²) in [4.78, 5) is 11.6. The van der Waals surface area contributed by atoms with E-state index >= 15 is 0 Å². The smallest absolute Gasteiger partial charge is 0.139 e. The van der Waals surface area contributed by atoms with Gasteiger partial charge in [0.15, 0.2) is 0 Å². The highest BCUT2D eigenvalue weighted by atomic mass is 16.1. The molecule has 1 saturated carbocycles. The molecule has 0 saturated heterocycles. The van der Waals surface area contributed by atoms with Gasteiger partial charge in [0.25, 0.3) is 0 Å². The van der Waals surface area contributed by atoms with Gasteiger partial charge >= 0.3 is 0 Å². The summed E-state index contributed by atoms with van der Waals surface area (Å²) in [7, 11) is 0.